The first-order valence-electron chi connectivity index (χ1n) is 10.0. The number of aromatic hydroxyl groups is 4. The van der Waals surface area contributed by atoms with Crippen LogP contribution in [0.25, 0.3) is 0 Å². The summed E-state index contributed by atoms with van der Waals surface area (Å²) in [6, 6.07) is 19.8. The summed E-state index contributed by atoms with van der Waals surface area (Å²) >= 11 is 0. The lowest BCUT2D eigenvalue weighted by Crippen LogP contribution is -2.74. The van der Waals surface area contributed by atoms with Crippen molar-refractivity contribution < 1.29 is 20.4 Å². The van der Waals surface area contributed by atoms with E-state index in [2.05, 4.69) is 0 Å². The molecule has 0 amide bonds. The van der Waals surface area contributed by atoms with E-state index in [1.165, 1.54) is 24.3 Å². The van der Waals surface area contributed by atoms with Gasteiger partial charge in [-0.15, -0.1) is 0 Å². The van der Waals surface area contributed by atoms with Gasteiger partial charge in [0.15, 0.2) is 8.07 Å². The van der Waals surface area contributed by atoms with Crippen LogP contribution in [0.4, 0.5) is 22.7 Å². The minimum absolute atomic E-state index is 0.0673. The zero-order valence-electron chi connectivity index (χ0n) is 17.5. The first kappa shape index (κ1) is 21.7. The maximum atomic E-state index is 10.1. The standard InChI is InChI=1S/C24H24N4O4Si/c25-17-9-13(1-5-21(17)29)33(14-2-6-22(30)18(26)10-14,15-3-7-23(31)19(27)11-15)16-4-8-24(32)20(28)12-16/h1-12,29-32H,25-28H2. The number of hydrogen-bond donors (Lipinski definition) is 8. The van der Waals surface area contributed by atoms with Crippen LogP contribution in [0.2, 0.25) is 0 Å². The second-order valence-electron chi connectivity index (χ2n) is 7.84. The molecule has 0 saturated heterocycles. The third-order valence-electron chi connectivity index (χ3n) is 5.84. The third-order valence-corrected chi connectivity index (χ3v) is 10.6. The van der Waals surface area contributed by atoms with Gasteiger partial charge in [-0.1, -0.05) is 24.3 Å². The number of phenolic OH excluding ortho intramolecular Hbond substituents is 4. The van der Waals surface area contributed by atoms with Crippen molar-refractivity contribution in [2.75, 3.05) is 22.9 Å². The van der Waals surface area contributed by atoms with Gasteiger partial charge in [0.2, 0.25) is 0 Å². The van der Waals surface area contributed by atoms with E-state index in [0.29, 0.717) is 0 Å². The smallest absolute Gasteiger partial charge is 0.179 e. The number of hydrogen-bond acceptors (Lipinski definition) is 8. The number of nitrogens with two attached hydrogens (primary N) is 4. The molecule has 0 bridgehead atoms. The van der Waals surface area contributed by atoms with Crippen molar-refractivity contribution in [3.8, 4) is 23.0 Å². The average Bonchev–Trinajstić information content (AvgIpc) is 2.78. The van der Waals surface area contributed by atoms with Crippen LogP contribution in [0.5, 0.6) is 23.0 Å². The first-order valence-corrected chi connectivity index (χ1v) is 12.0. The molecule has 0 spiro atoms. The highest BCUT2D eigenvalue weighted by atomic mass is 28.3. The molecule has 4 aromatic rings. The van der Waals surface area contributed by atoms with Crippen molar-refractivity contribution in [2.45, 2.75) is 0 Å². The Bertz CT molecular complexity index is 1170. The number of nitrogen functional groups attached to an aromatic ring is 4. The predicted molar refractivity (Wildman–Crippen MR) is 134 cm³/mol. The number of benzene rings is 4. The molecule has 0 aliphatic carbocycles. The van der Waals surface area contributed by atoms with Crippen LogP contribution in [0.1, 0.15) is 0 Å². The Kier molecular flexibility index (Phi) is 5.19. The van der Waals surface area contributed by atoms with Crippen LogP contribution in [0.15, 0.2) is 72.8 Å². The molecule has 0 unspecified atom stereocenters. The lowest BCUT2D eigenvalue weighted by atomic mass is 10.3. The van der Waals surface area contributed by atoms with Crippen molar-refractivity contribution in [3.05, 3.63) is 72.8 Å². The molecule has 0 aliphatic rings. The van der Waals surface area contributed by atoms with Gasteiger partial charge in [0.05, 0.1) is 22.7 Å². The fraction of sp³-hybridized carbons (Fsp3) is 0. The summed E-state index contributed by atoms with van der Waals surface area (Å²) in [5, 5.41) is 43.4. The second-order valence-corrected chi connectivity index (χ2v) is 11.7. The van der Waals surface area contributed by atoms with E-state index in [9.17, 15) is 20.4 Å². The monoisotopic (exact) mass is 460 g/mol. The van der Waals surface area contributed by atoms with Crippen LogP contribution >= 0.6 is 0 Å². The van der Waals surface area contributed by atoms with Gasteiger partial charge in [0.25, 0.3) is 0 Å². The topological polar surface area (TPSA) is 185 Å². The quantitative estimate of drug-likeness (QED) is 0.0919. The second kappa shape index (κ2) is 7.88. The van der Waals surface area contributed by atoms with Gasteiger partial charge in [-0.05, 0) is 69.3 Å². The molecule has 12 N–H and O–H groups in total. The maximum absolute atomic E-state index is 10.1. The molecule has 8 nitrogen and oxygen atoms in total. The summed E-state index contributed by atoms with van der Waals surface area (Å²) in [7, 11) is -3.28. The molecule has 33 heavy (non-hydrogen) atoms. The minimum atomic E-state index is -3.28. The highest BCUT2D eigenvalue weighted by Gasteiger charge is 2.43. The van der Waals surface area contributed by atoms with E-state index in [1.54, 1.807) is 48.5 Å². The van der Waals surface area contributed by atoms with Crippen LogP contribution in [-0.4, -0.2) is 28.5 Å². The third kappa shape index (κ3) is 3.50. The van der Waals surface area contributed by atoms with Gasteiger partial charge in [-0.2, -0.15) is 0 Å². The molecule has 0 fully saturated rings. The molecule has 0 aliphatic heterocycles. The summed E-state index contributed by atoms with van der Waals surface area (Å²) < 4.78 is 0. The molecule has 4 aromatic carbocycles. The molecule has 0 heterocycles. The van der Waals surface area contributed by atoms with Gasteiger partial charge in [0.1, 0.15) is 23.0 Å². The zero-order chi connectivity index (χ0) is 23.9. The summed E-state index contributed by atoms with van der Waals surface area (Å²) in [6.45, 7) is 0. The van der Waals surface area contributed by atoms with Crippen molar-refractivity contribution in [1.29, 1.82) is 0 Å². The molecule has 9 heteroatoms. The fourth-order valence-electron chi connectivity index (χ4n) is 4.15. The van der Waals surface area contributed by atoms with E-state index in [-0.39, 0.29) is 45.7 Å². The Balaban J connectivity index is 2.21. The first-order chi connectivity index (χ1) is 15.6. The lowest BCUT2D eigenvalue weighted by Gasteiger charge is -2.35. The minimum Gasteiger partial charge on any atom is -0.506 e. The van der Waals surface area contributed by atoms with Crippen molar-refractivity contribution in [1.82, 2.24) is 0 Å². The fourth-order valence-corrected chi connectivity index (χ4v) is 8.97. The van der Waals surface area contributed by atoms with E-state index < -0.39 is 8.07 Å². The molecule has 4 rings (SSSR count). The van der Waals surface area contributed by atoms with Gasteiger partial charge >= 0.3 is 0 Å². The van der Waals surface area contributed by atoms with Crippen molar-refractivity contribution in [2.24, 2.45) is 0 Å². The SMILES string of the molecule is Nc1cc([Si](c2ccc(O)c(N)c2)(c2ccc(O)c(N)c2)c2ccc(O)c(N)c2)ccc1O. The van der Waals surface area contributed by atoms with Gasteiger partial charge in [0, 0.05) is 0 Å². The maximum Gasteiger partial charge on any atom is 0.179 e. The summed E-state index contributed by atoms with van der Waals surface area (Å²) in [6.07, 6.45) is 0. The van der Waals surface area contributed by atoms with Crippen LogP contribution < -0.4 is 43.7 Å². The van der Waals surface area contributed by atoms with Gasteiger partial charge in [-0.3, -0.25) is 0 Å². The highest BCUT2D eigenvalue weighted by molar-refractivity contribution is 7.20. The highest BCUT2D eigenvalue weighted by Crippen LogP contribution is 2.26. The number of phenols is 4. The van der Waals surface area contributed by atoms with Gasteiger partial charge < -0.3 is 43.4 Å². The Morgan fingerprint density at radius 2 is 0.606 bits per heavy atom. The Hall–Kier alpha value is -4.50. The van der Waals surface area contributed by atoms with E-state index in [1.807, 2.05) is 0 Å². The summed E-state index contributed by atoms with van der Waals surface area (Å²) in [5.41, 5.74) is 25.1. The Labute approximate surface area is 191 Å². The molecule has 0 saturated carbocycles. The van der Waals surface area contributed by atoms with Crippen LogP contribution in [0, 0.1) is 0 Å². The summed E-state index contributed by atoms with van der Waals surface area (Å²) in [5.74, 6) is -0.269. The van der Waals surface area contributed by atoms with Crippen molar-refractivity contribution in [3.63, 3.8) is 0 Å². The molecule has 168 valence electrons. The lowest BCUT2D eigenvalue weighted by molar-refractivity contribution is 0.477. The molecule has 0 aromatic heterocycles. The molecular formula is C24H24N4O4Si. The largest absolute Gasteiger partial charge is 0.506 e. The van der Waals surface area contributed by atoms with Crippen LogP contribution in [-0.2, 0) is 0 Å². The Morgan fingerprint density at radius 3 is 0.788 bits per heavy atom. The summed E-state index contributed by atoms with van der Waals surface area (Å²) in [4.78, 5) is 0. The molecule has 0 atom stereocenters. The molecular weight excluding hydrogens is 436 g/mol. The number of rotatable bonds is 4. The van der Waals surface area contributed by atoms with Crippen LogP contribution in [0.3, 0.4) is 0 Å². The average molecular weight is 461 g/mol. The van der Waals surface area contributed by atoms with E-state index in [0.717, 1.165) is 20.7 Å². The van der Waals surface area contributed by atoms with Gasteiger partial charge in [-0.25, -0.2) is 0 Å². The van der Waals surface area contributed by atoms with Crippen molar-refractivity contribution >= 4 is 51.6 Å². The zero-order valence-corrected chi connectivity index (χ0v) is 18.5. The van der Waals surface area contributed by atoms with E-state index in [4.69, 9.17) is 22.9 Å². The predicted octanol–water partition coefficient (Wildman–Crippen LogP) is 0.215. The van der Waals surface area contributed by atoms with E-state index >= 15 is 0 Å². The number of anilines is 4. The molecule has 0 radical (unpaired) electrons. The normalized spacial score (nSPS) is 11.4. The Morgan fingerprint density at radius 1 is 0.394 bits per heavy atom.